The molecule has 2 unspecified atom stereocenters. The Bertz CT molecular complexity index is 533. The monoisotopic (exact) mass is 304 g/mol. The lowest BCUT2D eigenvalue weighted by molar-refractivity contribution is -0.138. The van der Waals surface area contributed by atoms with Crippen LogP contribution in [-0.4, -0.2) is 23.3 Å². The number of aliphatic hydroxyl groups is 1. The molecule has 0 amide bonds. The molecule has 2 aliphatic carbocycles. The second kappa shape index (κ2) is 6.46. The third kappa shape index (κ3) is 3.08. The van der Waals surface area contributed by atoms with E-state index in [1.807, 2.05) is 6.92 Å². The number of hydrogen-bond acceptors (Lipinski definition) is 3. The van der Waals surface area contributed by atoms with Crippen LogP contribution < -0.4 is 0 Å². The zero-order valence-corrected chi connectivity index (χ0v) is 14.3. The summed E-state index contributed by atoms with van der Waals surface area (Å²) in [6, 6.07) is 0. The van der Waals surface area contributed by atoms with Crippen molar-refractivity contribution in [2.75, 3.05) is 6.61 Å². The summed E-state index contributed by atoms with van der Waals surface area (Å²) in [5, 5.41) is 11.1. The zero-order chi connectivity index (χ0) is 16.4. The highest BCUT2D eigenvalue weighted by atomic mass is 16.5. The lowest BCUT2D eigenvalue weighted by Gasteiger charge is -2.47. The van der Waals surface area contributed by atoms with Gasteiger partial charge in [-0.2, -0.15) is 0 Å². The summed E-state index contributed by atoms with van der Waals surface area (Å²) < 4.78 is 5.11. The van der Waals surface area contributed by atoms with Crippen LogP contribution in [0.15, 0.2) is 11.1 Å². The van der Waals surface area contributed by atoms with Crippen LogP contribution in [0.25, 0.3) is 0 Å². The van der Waals surface area contributed by atoms with E-state index in [1.165, 1.54) is 0 Å². The van der Waals surface area contributed by atoms with Gasteiger partial charge in [0.15, 0.2) is 0 Å². The van der Waals surface area contributed by atoms with E-state index in [4.69, 9.17) is 4.74 Å². The van der Waals surface area contributed by atoms with Crippen molar-refractivity contribution < 1.29 is 14.6 Å². The normalized spacial score (nSPS) is 30.7. The van der Waals surface area contributed by atoms with Crippen molar-refractivity contribution in [3.63, 3.8) is 0 Å². The molecule has 122 valence electrons. The van der Waals surface area contributed by atoms with Gasteiger partial charge in [-0.25, -0.2) is 4.79 Å². The number of ether oxygens (including phenoxy) is 1. The van der Waals surface area contributed by atoms with Crippen molar-refractivity contribution in [1.29, 1.82) is 0 Å². The molecule has 22 heavy (non-hydrogen) atoms. The molecular formula is C19H28O3. The van der Waals surface area contributed by atoms with E-state index < -0.39 is 5.60 Å². The van der Waals surface area contributed by atoms with Crippen molar-refractivity contribution in [3.8, 4) is 11.8 Å². The van der Waals surface area contributed by atoms with Gasteiger partial charge in [-0.05, 0) is 44.9 Å². The van der Waals surface area contributed by atoms with Crippen molar-refractivity contribution >= 4 is 5.97 Å². The average molecular weight is 304 g/mol. The molecule has 0 aromatic carbocycles. The molecule has 0 aromatic heterocycles. The van der Waals surface area contributed by atoms with E-state index in [0.29, 0.717) is 12.2 Å². The van der Waals surface area contributed by atoms with E-state index >= 15 is 0 Å². The minimum Gasteiger partial charge on any atom is -0.463 e. The maximum atomic E-state index is 12.0. The molecule has 0 aliphatic heterocycles. The molecule has 2 rings (SSSR count). The SMILES string of the molecule is CCOC(=O)C1=C(C#CC2(O)C(C)CCCC2(C)C)CCC1. The highest BCUT2D eigenvalue weighted by Gasteiger charge is 2.48. The second-order valence-corrected chi connectivity index (χ2v) is 7.22. The van der Waals surface area contributed by atoms with Crippen LogP contribution in [0.1, 0.15) is 66.2 Å². The third-order valence-corrected chi connectivity index (χ3v) is 5.33. The summed E-state index contributed by atoms with van der Waals surface area (Å²) in [6.45, 7) is 8.45. The van der Waals surface area contributed by atoms with Crippen molar-refractivity contribution in [2.45, 2.75) is 71.8 Å². The number of carbonyl (C=O) groups excluding carboxylic acids is 1. The second-order valence-electron chi connectivity index (χ2n) is 7.22. The van der Waals surface area contributed by atoms with Crippen molar-refractivity contribution in [2.24, 2.45) is 11.3 Å². The summed E-state index contributed by atoms with van der Waals surface area (Å²) in [7, 11) is 0. The Hall–Kier alpha value is -1.27. The van der Waals surface area contributed by atoms with E-state index in [-0.39, 0.29) is 17.3 Å². The fourth-order valence-corrected chi connectivity index (χ4v) is 3.70. The van der Waals surface area contributed by atoms with Gasteiger partial charge >= 0.3 is 5.97 Å². The highest BCUT2D eigenvalue weighted by molar-refractivity contribution is 5.91. The van der Waals surface area contributed by atoms with E-state index in [1.54, 1.807) is 0 Å². The fourth-order valence-electron chi connectivity index (χ4n) is 3.70. The molecule has 0 heterocycles. The minimum absolute atomic E-state index is 0.150. The van der Waals surface area contributed by atoms with Crippen LogP contribution in [0.4, 0.5) is 0 Å². The largest absolute Gasteiger partial charge is 0.463 e. The molecular weight excluding hydrogens is 276 g/mol. The minimum atomic E-state index is -0.986. The quantitative estimate of drug-likeness (QED) is 0.626. The Morgan fingerprint density at radius 3 is 2.73 bits per heavy atom. The Morgan fingerprint density at radius 1 is 1.36 bits per heavy atom. The third-order valence-electron chi connectivity index (χ3n) is 5.33. The molecule has 0 bridgehead atoms. The van der Waals surface area contributed by atoms with Gasteiger partial charge in [0.1, 0.15) is 5.60 Å². The van der Waals surface area contributed by atoms with Crippen LogP contribution in [-0.2, 0) is 9.53 Å². The van der Waals surface area contributed by atoms with Gasteiger partial charge < -0.3 is 9.84 Å². The molecule has 0 spiro atoms. The van der Waals surface area contributed by atoms with Gasteiger partial charge in [0, 0.05) is 16.6 Å². The Morgan fingerprint density at radius 2 is 2.09 bits per heavy atom. The van der Waals surface area contributed by atoms with Crippen molar-refractivity contribution in [1.82, 2.24) is 0 Å². The molecule has 0 saturated heterocycles. The van der Waals surface area contributed by atoms with Crippen LogP contribution in [0.5, 0.6) is 0 Å². The predicted molar refractivity (Wildman–Crippen MR) is 87.0 cm³/mol. The number of rotatable bonds is 2. The van der Waals surface area contributed by atoms with Gasteiger partial charge in [-0.3, -0.25) is 0 Å². The molecule has 2 aliphatic rings. The summed E-state index contributed by atoms with van der Waals surface area (Å²) in [5.41, 5.74) is 0.362. The first-order valence-corrected chi connectivity index (χ1v) is 8.46. The predicted octanol–water partition coefficient (Wildman–Crippen LogP) is 3.61. The molecule has 3 heteroatoms. The van der Waals surface area contributed by atoms with E-state index in [0.717, 1.165) is 44.1 Å². The standard InChI is InChI=1S/C19H28O3/c1-5-22-17(20)16-10-6-9-15(16)11-13-19(21)14(2)8-7-12-18(19,3)4/h14,21H,5-10,12H2,1-4H3. The number of carbonyl (C=O) groups is 1. The molecule has 1 N–H and O–H groups in total. The van der Waals surface area contributed by atoms with Gasteiger partial charge in [-0.15, -0.1) is 0 Å². The maximum Gasteiger partial charge on any atom is 0.334 e. The molecule has 0 radical (unpaired) electrons. The van der Waals surface area contributed by atoms with Crippen LogP contribution in [0.3, 0.4) is 0 Å². The molecule has 2 atom stereocenters. The Kier molecular flexibility index (Phi) is 5.02. The van der Waals surface area contributed by atoms with E-state index in [2.05, 4.69) is 32.6 Å². The fraction of sp³-hybridized carbons (Fsp3) is 0.737. The maximum absolute atomic E-state index is 12.0. The Labute approximate surface area is 134 Å². The van der Waals surface area contributed by atoms with Gasteiger partial charge in [0.25, 0.3) is 0 Å². The molecule has 3 nitrogen and oxygen atoms in total. The summed E-state index contributed by atoms with van der Waals surface area (Å²) in [5.74, 6) is 6.20. The number of hydrogen-bond donors (Lipinski definition) is 1. The average Bonchev–Trinajstić information content (AvgIpc) is 2.91. The van der Waals surface area contributed by atoms with Crippen molar-refractivity contribution in [3.05, 3.63) is 11.1 Å². The summed E-state index contributed by atoms with van der Waals surface area (Å²) in [4.78, 5) is 12.0. The van der Waals surface area contributed by atoms with E-state index in [9.17, 15) is 9.90 Å². The first-order valence-electron chi connectivity index (χ1n) is 8.46. The van der Waals surface area contributed by atoms with Crippen LogP contribution >= 0.6 is 0 Å². The summed E-state index contributed by atoms with van der Waals surface area (Å²) >= 11 is 0. The number of esters is 1. The lowest BCUT2D eigenvalue weighted by atomic mass is 9.61. The number of allylic oxidation sites excluding steroid dienone is 1. The van der Waals surface area contributed by atoms with Gasteiger partial charge in [0.05, 0.1) is 6.61 Å². The van der Waals surface area contributed by atoms with Gasteiger partial charge in [0.2, 0.25) is 0 Å². The molecule has 1 saturated carbocycles. The van der Waals surface area contributed by atoms with Crippen LogP contribution in [0, 0.1) is 23.2 Å². The lowest BCUT2D eigenvalue weighted by Crippen LogP contribution is -2.51. The summed E-state index contributed by atoms with van der Waals surface area (Å²) in [6.07, 6.45) is 5.60. The zero-order valence-electron chi connectivity index (χ0n) is 14.3. The molecule has 0 aromatic rings. The topological polar surface area (TPSA) is 46.5 Å². The Balaban J connectivity index is 2.31. The smallest absolute Gasteiger partial charge is 0.334 e. The van der Waals surface area contributed by atoms with Crippen LogP contribution in [0.2, 0.25) is 0 Å². The molecule has 1 fully saturated rings. The first kappa shape index (κ1) is 17.1. The first-order chi connectivity index (χ1) is 10.3. The van der Waals surface area contributed by atoms with Gasteiger partial charge in [-0.1, -0.05) is 39.0 Å². The highest BCUT2D eigenvalue weighted by Crippen LogP contribution is 2.46.